The number of ether oxygens (including phenoxy) is 1. The van der Waals surface area contributed by atoms with Crippen molar-refractivity contribution in [3.63, 3.8) is 0 Å². The molecule has 0 aliphatic heterocycles. The number of carbonyl (C=O) groups is 1. The van der Waals surface area contributed by atoms with Crippen LogP contribution in [-0.2, 0) is 16.0 Å². The van der Waals surface area contributed by atoms with Crippen LogP contribution in [0.15, 0.2) is 0 Å². The minimum Gasteiger partial charge on any atom is -0.465 e. The molecule has 0 amide bonds. The maximum Gasteiger partial charge on any atom is 0.315 e. The molecule has 0 fully saturated rings. The molecule has 1 aliphatic rings. The zero-order chi connectivity index (χ0) is 14.9. The van der Waals surface area contributed by atoms with Crippen molar-refractivity contribution >= 4 is 22.4 Å². The topological polar surface area (TPSA) is 42.4 Å². The fourth-order valence-corrected chi connectivity index (χ4v) is 3.59. The fourth-order valence-electron chi connectivity index (χ4n) is 2.33. The highest BCUT2D eigenvalue weighted by atomic mass is 32.1. The summed E-state index contributed by atoms with van der Waals surface area (Å²) in [5.41, 5.74) is 1.02. The van der Waals surface area contributed by atoms with Crippen molar-refractivity contribution < 1.29 is 9.53 Å². The molecule has 0 saturated carbocycles. The molecule has 0 saturated heterocycles. The smallest absolute Gasteiger partial charge is 0.315 e. The maximum absolute atomic E-state index is 12.0. The third-order valence-corrected chi connectivity index (χ3v) is 5.55. The van der Waals surface area contributed by atoms with E-state index in [0.717, 1.165) is 30.1 Å². The van der Waals surface area contributed by atoms with Gasteiger partial charge < -0.3 is 9.64 Å². The Bertz CT molecular complexity index is 496. The van der Waals surface area contributed by atoms with Crippen LogP contribution in [0.2, 0.25) is 0 Å². The van der Waals surface area contributed by atoms with Gasteiger partial charge in [0.15, 0.2) is 5.13 Å². The molecule has 0 N–H and O–H groups in total. The SMILES string of the molecule is CCOC(=O)C1CCc2sc(N(C)C(C)(C)CC)nc21. The number of rotatable bonds is 5. The lowest BCUT2D eigenvalue weighted by atomic mass is 10.0. The first-order valence-electron chi connectivity index (χ1n) is 7.30. The second-order valence-corrected chi connectivity index (χ2v) is 6.94. The first-order chi connectivity index (χ1) is 9.40. The van der Waals surface area contributed by atoms with Gasteiger partial charge in [-0.1, -0.05) is 6.92 Å². The van der Waals surface area contributed by atoms with E-state index in [4.69, 9.17) is 9.72 Å². The number of hydrogen-bond acceptors (Lipinski definition) is 5. The summed E-state index contributed by atoms with van der Waals surface area (Å²) in [7, 11) is 2.08. The third kappa shape index (κ3) is 2.68. The van der Waals surface area contributed by atoms with Gasteiger partial charge in [0.25, 0.3) is 0 Å². The molecule has 20 heavy (non-hydrogen) atoms. The van der Waals surface area contributed by atoms with Crippen molar-refractivity contribution in [3.8, 4) is 0 Å². The Kier molecular flexibility index (Phi) is 4.37. The number of thiazole rings is 1. The zero-order valence-corrected chi connectivity index (χ0v) is 13.8. The Morgan fingerprint density at radius 2 is 2.20 bits per heavy atom. The molecule has 5 heteroatoms. The minimum atomic E-state index is -0.159. The van der Waals surface area contributed by atoms with E-state index in [-0.39, 0.29) is 17.4 Å². The highest BCUT2D eigenvalue weighted by Gasteiger charge is 2.35. The summed E-state index contributed by atoms with van der Waals surface area (Å²) in [6, 6.07) is 0. The van der Waals surface area contributed by atoms with Crippen LogP contribution in [0.1, 0.15) is 57.0 Å². The van der Waals surface area contributed by atoms with Gasteiger partial charge in [0.1, 0.15) is 5.92 Å². The van der Waals surface area contributed by atoms with E-state index < -0.39 is 0 Å². The summed E-state index contributed by atoms with van der Waals surface area (Å²) in [4.78, 5) is 20.2. The molecular weight excluding hydrogens is 272 g/mol. The number of carbonyl (C=O) groups excluding carboxylic acids is 1. The van der Waals surface area contributed by atoms with E-state index in [1.165, 1.54) is 4.88 Å². The molecule has 1 aromatic rings. The van der Waals surface area contributed by atoms with Gasteiger partial charge in [-0.3, -0.25) is 4.79 Å². The number of nitrogens with zero attached hydrogens (tertiary/aromatic N) is 2. The zero-order valence-electron chi connectivity index (χ0n) is 13.0. The molecule has 2 rings (SSSR count). The Hall–Kier alpha value is -1.10. The molecule has 0 spiro atoms. The van der Waals surface area contributed by atoms with Gasteiger partial charge >= 0.3 is 5.97 Å². The van der Waals surface area contributed by atoms with Crippen molar-refractivity contribution in [2.24, 2.45) is 0 Å². The first-order valence-corrected chi connectivity index (χ1v) is 8.12. The lowest BCUT2D eigenvalue weighted by Gasteiger charge is -2.34. The van der Waals surface area contributed by atoms with Crippen LogP contribution in [0, 0.1) is 0 Å². The molecule has 1 aliphatic carbocycles. The normalized spacial score (nSPS) is 17.9. The van der Waals surface area contributed by atoms with Crippen molar-refractivity contribution in [1.29, 1.82) is 0 Å². The Morgan fingerprint density at radius 3 is 2.80 bits per heavy atom. The second kappa shape index (κ2) is 5.72. The van der Waals surface area contributed by atoms with Crippen molar-refractivity contribution in [3.05, 3.63) is 10.6 Å². The molecule has 1 atom stereocenters. The average molecular weight is 296 g/mol. The lowest BCUT2D eigenvalue weighted by Crippen LogP contribution is -2.40. The van der Waals surface area contributed by atoms with Gasteiger partial charge in [-0.15, -0.1) is 11.3 Å². The highest BCUT2D eigenvalue weighted by molar-refractivity contribution is 7.15. The molecule has 0 bridgehead atoms. The maximum atomic E-state index is 12.0. The lowest BCUT2D eigenvalue weighted by molar-refractivity contribution is -0.145. The molecule has 4 nitrogen and oxygen atoms in total. The third-order valence-electron chi connectivity index (χ3n) is 4.34. The van der Waals surface area contributed by atoms with Gasteiger partial charge in [-0.2, -0.15) is 0 Å². The van der Waals surface area contributed by atoms with Crippen molar-refractivity contribution in [1.82, 2.24) is 4.98 Å². The average Bonchev–Trinajstić information content (AvgIpc) is 2.97. The Morgan fingerprint density at radius 1 is 1.50 bits per heavy atom. The number of anilines is 1. The molecule has 0 aromatic carbocycles. The van der Waals surface area contributed by atoms with Gasteiger partial charge in [-0.05, 0) is 40.0 Å². The highest BCUT2D eigenvalue weighted by Crippen LogP contribution is 2.41. The predicted octanol–water partition coefficient (Wildman–Crippen LogP) is 3.36. The molecular formula is C15H24N2O2S. The number of hydrogen-bond donors (Lipinski definition) is 0. The quantitative estimate of drug-likeness (QED) is 0.781. The standard InChI is InChI=1S/C15H24N2O2S/c1-6-15(3,4)17(5)14-16-12-10(13(18)19-7-2)8-9-11(12)20-14/h10H,6-9H2,1-5H3. The molecule has 1 aromatic heterocycles. The van der Waals surface area contributed by atoms with Crippen LogP contribution >= 0.6 is 11.3 Å². The largest absolute Gasteiger partial charge is 0.465 e. The molecule has 1 unspecified atom stereocenters. The van der Waals surface area contributed by atoms with Crippen LogP contribution in [-0.4, -0.2) is 30.1 Å². The van der Waals surface area contributed by atoms with E-state index in [1.807, 2.05) is 6.92 Å². The van der Waals surface area contributed by atoms with Crippen molar-refractivity contribution in [2.75, 3.05) is 18.6 Å². The Labute approximate surface area is 125 Å². The van der Waals surface area contributed by atoms with Gasteiger partial charge in [0, 0.05) is 17.5 Å². The van der Waals surface area contributed by atoms with Crippen LogP contribution in [0.5, 0.6) is 0 Å². The summed E-state index contributed by atoms with van der Waals surface area (Å²) >= 11 is 1.72. The predicted molar refractivity (Wildman–Crippen MR) is 82.6 cm³/mol. The summed E-state index contributed by atoms with van der Waals surface area (Å²) in [6.45, 7) is 8.88. The van der Waals surface area contributed by atoms with Crippen LogP contribution < -0.4 is 4.90 Å². The number of aromatic nitrogens is 1. The summed E-state index contributed by atoms with van der Waals surface area (Å²) in [6.07, 6.45) is 2.83. The van der Waals surface area contributed by atoms with E-state index in [2.05, 4.69) is 32.7 Å². The van der Waals surface area contributed by atoms with Gasteiger partial charge in [-0.25, -0.2) is 4.98 Å². The second-order valence-electron chi connectivity index (χ2n) is 5.87. The molecule has 0 radical (unpaired) electrons. The van der Waals surface area contributed by atoms with Crippen molar-refractivity contribution in [2.45, 2.75) is 58.4 Å². The van der Waals surface area contributed by atoms with E-state index in [9.17, 15) is 4.79 Å². The van der Waals surface area contributed by atoms with Crippen LogP contribution in [0.4, 0.5) is 5.13 Å². The summed E-state index contributed by atoms with van der Waals surface area (Å²) in [5.74, 6) is -0.284. The summed E-state index contributed by atoms with van der Waals surface area (Å²) < 4.78 is 5.15. The molecule has 1 heterocycles. The monoisotopic (exact) mass is 296 g/mol. The molecule has 112 valence electrons. The van der Waals surface area contributed by atoms with Gasteiger partial charge in [0.05, 0.1) is 12.3 Å². The summed E-state index contributed by atoms with van der Waals surface area (Å²) in [5, 5.41) is 1.01. The minimum absolute atomic E-state index is 0.0744. The fraction of sp³-hybridized carbons (Fsp3) is 0.733. The number of fused-ring (bicyclic) bond motifs is 1. The number of aryl methyl sites for hydroxylation is 1. The number of esters is 1. The van der Waals surface area contributed by atoms with Crippen LogP contribution in [0.25, 0.3) is 0 Å². The van der Waals surface area contributed by atoms with E-state index >= 15 is 0 Å². The first kappa shape index (κ1) is 15.3. The van der Waals surface area contributed by atoms with E-state index in [1.54, 1.807) is 11.3 Å². The van der Waals surface area contributed by atoms with E-state index in [0.29, 0.717) is 6.61 Å². The van der Waals surface area contributed by atoms with Crippen LogP contribution in [0.3, 0.4) is 0 Å². The van der Waals surface area contributed by atoms with Gasteiger partial charge in [0.2, 0.25) is 0 Å². The Balaban J connectivity index is 2.23.